The Morgan fingerprint density at radius 3 is 2.43 bits per heavy atom. The molecule has 1 N–H and O–H groups in total. The van der Waals surface area contributed by atoms with Crippen LogP contribution >= 0.6 is 11.6 Å². The molecule has 0 radical (unpaired) electrons. The van der Waals surface area contributed by atoms with Crippen LogP contribution in [0.4, 0.5) is 11.5 Å². The van der Waals surface area contributed by atoms with Gasteiger partial charge in [0.1, 0.15) is 5.82 Å². The van der Waals surface area contributed by atoms with Gasteiger partial charge in [0.05, 0.1) is 16.8 Å². The molecule has 7 heteroatoms. The third-order valence-electron chi connectivity index (χ3n) is 3.36. The number of nitrogens with one attached hydrogen (secondary N) is 1. The van der Waals surface area contributed by atoms with Crippen LogP contribution in [0, 0.1) is 0 Å². The number of nitrogens with zero attached hydrogens (tertiary/aromatic N) is 2. The SMILES string of the molecule is CCCCN(C)c1ccc(NS(=O)(=O)c2ccc(Cl)cc2)cn1. The van der Waals surface area contributed by atoms with Crippen molar-refractivity contribution in [3.63, 3.8) is 0 Å². The summed E-state index contributed by atoms with van der Waals surface area (Å²) in [6, 6.07) is 9.52. The maximum absolute atomic E-state index is 12.3. The van der Waals surface area contributed by atoms with E-state index in [-0.39, 0.29) is 4.90 Å². The van der Waals surface area contributed by atoms with E-state index in [4.69, 9.17) is 11.6 Å². The quantitative estimate of drug-likeness (QED) is 0.823. The van der Waals surface area contributed by atoms with Crippen molar-refractivity contribution in [2.45, 2.75) is 24.7 Å². The maximum atomic E-state index is 12.3. The summed E-state index contributed by atoms with van der Waals surface area (Å²) in [7, 11) is -1.67. The highest BCUT2D eigenvalue weighted by molar-refractivity contribution is 7.92. The minimum Gasteiger partial charge on any atom is -0.360 e. The summed E-state index contributed by atoms with van der Waals surface area (Å²) in [5, 5.41) is 0.491. The Balaban J connectivity index is 2.09. The molecular weight excluding hydrogens is 334 g/mol. The molecule has 0 atom stereocenters. The van der Waals surface area contributed by atoms with E-state index in [1.165, 1.54) is 18.3 Å². The van der Waals surface area contributed by atoms with Gasteiger partial charge >= 0.3 is 0 Å². The number of benzene rings is 1. The lowest BCUT2D eigenvalue weighted by Crippen LogP contribution is -2.19. The largest absolute Gasteiger partial charge is 0.360 e. The Morgan fingerprint density at radius 1 is 1.17 bits per heavy atom. The van der Waals surface area contributed by atoms with E-state index >= 15 is 0 Å². The average molecular weight is 354 g/mol. The second-order valence-electron chi connectivity index (χ2n) is 5.24. The zero-order valence-electron chi connectivity index (χ0n) is 13.2. The van der Waals surface area contributed by atoms with Gasteiger partial charge in [0.25, 0.3) is 10.0 Å². The first kappa shape index (κ1) is 17.6. The monoisotopic (exact) mass is 353 g/mol. The molecule has 0 amide bonds. The molecule has 0 bridgehead atoms. The molecule has 0 saturated carbocycles. The molecule has 5 nitrogen and oxygen atoms in total. The number of anilines is 2. The van der Waals surface area contributed by atoms with Crippen LogP contribution in [0.5, 0.6) is 0 Å². The molecule has 2 rings (SSSR count). The maximum Gasteiger partial charge on any atom is 0.261 e. The van der Waals surface area contributed by atoms with E-state index in [9.17, 15) is 8.42 Å². The Hall–Kier alpha value is -1.79. The van der Waals surface area contributed by atoms with Gasteiger partial charge in [-0.05, 0) is 42.8 Å². The van der Waals surface area contributed by atoms with Crippen LogP contribution in [0.25, 0.3) is 0 Å². The van der Waals surface area contributed by atoms with Crippen molar-refractivity contribution < 1.29 is 8.42 Å². The van der Waals surface area contributed by atoms with Crippen LogP contribution in [-0.2, 0) is 10.0 Å². The molecule has 0 fully saturated rings. The fourth-order valence-electron chi connectivity index (χ4n) is 2.01. The number of halogens is 1. The van der Waals surface area contributed by atoms with Crippen LogP contribution in [0.2, 0.25) is 5.02 Å². The Kier molecular flexibility index (Phi) is 5.85. The van der Waals surface area contributed by atoms with Gasteiger partial charge in [-0.3, -0.25) is 4.72 Å². The third-order valence-corrected chi connectivity index (χ3v) is 5.01. The highest BCUT2D eigenvalue weighted by Gasteiger charge is 2.14. The number of rotatable bonds is 7. The lowest BCUT2D eigenvalue weighted by Gasteiger charge is -2.18. The molecule has 2 aromatic rings. The fourth-order valence-corrected chi connectivity index (χ4v) is 3.18. The van der Waals surface area contributed by atoms with Crippen molar-refractivity contribution in [2.75, 3.05) is 23.2 Å². The van der Waals surface area contributed by atoms with Gasteiger partial charge in [-0.25, -0.2) is 13.4 Å². The highest BCUT2D eigenvalue weighted by Crippen LogP contribution is 2.19. The topological polar surface area (TPSA) is 62.3 Å². The molecule has 1 aromatic heterocycles. The van der Waals surface area contributed by atoms with Gasteiger partial charge in [-0.1, -0.05) is 24.9 Å². The van der Waals surface area contributed by atoms with Crippen LogP contribution in [-0.4, -0.2) is 27.0 Å². The van der Waals surface area contributed by atoms with Crippen molar-refractivity contribution in [3.05, 3.63) is 47.6 Å². The second-order valence-corrected chi connectivity index (χ2v) is 7.36. The highest BCUT2D eigenvalue weighted by atomic mass is 35.5. The van der Waals surface area contributed by atoms with E-state index in [0.29, 0.717) is 10.7 Å². The van der Waals surface area contributed by atoms with Crippen molar-refractivity contribution >= 4 is 33.1 Å². The van der Waals surface area contributed by atoms with Crippen LogP contribution < -0.4 is 9.62 Å². The van der Waals surface area contributed by atoms with E-state index in [1.54, 1.807) is 24.3 Å². The normalized spacial score (nSPS) is 11.3. The van der Waals surface area contributed by atoms with Gasteiger partial charge < -0.3 is 4.90 Å². The van der Waals surface area contributed by atoms with E-state index < -0.39 is 10.0 Å². The molecule has 1 heterocycles. The van der Waals surface area contributed by atoms with Crippen molar-refractivity contribution in [1.29, 1.82) is 0 Å². The van der Waals surface area contributed by atoms with Gasteiger partial charge in [-0.2, -0.15) is 0 Å². The van der Waals surface area contributed by atoms with E-state index in [0.717, 1.165) is 25.2 Å². The van der Waals surface area contributed by atoms with Crippen molar-refractivity contribution in [2.24, 2.45) is 0 Å². The number of aromatic nitrogens is 1. The zero-order valence-corrected chi connectivity index (χ0v) is 14.7. The Labute approximate surface area is 142 Å². The fraction of sp³-hybridized carbons (Fsp3) is 0.312. The molecule has 124 valence electrons. The van der Waals surface area contributed by atoms with E-state index in [2.05, 4.69) is 16.6 Å². The van der Waals surface area contributed by atoms with Crippen LogP contribution in [0.1, 0.15) is 19.8 Å². The molecule has 0 aliphatic rings. The Morgan fingerprint density at radius 2 is 1.87 bits per heavy atom. The lowest BCUT2D eigenvalue weighted by atomic mass is 10.3. The minimum absolute atomic E-state index is 0.158. The summed E-state index contributed by atoms with van der Waals surface area (Å²) >= 11 is 5.78. The Bertz CT molecular complexity index is 731. The summed E-state index contributed by atoms with van der Waals surface area (Å²) in [5.41, 5.74) is 0.424. The smallest absolute Gasteiger partial charge is 0.261 e. The number of hydrogen-bond acceptors (Lipinski definition) is 4. The first-order valence-electron chi connectivity index (χ1n) is 7.38. The molecule has 0 spiro atoms. The summed E-state index contributed by atoms with van der Waals surface area (Å²) < 4.78 is 27.1. The van der Waals surface area contributed by atoms with Crippen LogP contribution in [0.3, 0.4) is 0 Å². The standard InChI is InChI=1S/C16H20ClN3O2S/c1-3-4-11-20(2)16-10-7-14(12-18-16)19-23(21,22)15-8-5-13(17)6-9-15/h5-10,12,19H,3-4,11H2,1-2H3. The number of hydrogen-bond donors (Lipinski definition) is 1. The molecular formula is C16H20ClN3O2S. The second kappa shape index (κ2) is 7.66. The minimum atomic E-state index is -3.64. The summed E-state index contributed by atoms with van der Waals surface area (Å²) in [6.45, 7) is 3.05. The molecule has 0 unspecified atom stereocenters. The number of unbranched alkanes of at least 4 members (excludes halogenated alkanes) is 1. The number of pyridine rings is 1. The van der Waals surface area contributed by atoms with Gasteiger partial charge in [0, 0.05) is 18.6 Å². The first-order valence-corrected chi connectivity index (χ1v) is 9.24. The van der Waals surface area contributed by atoms with Gasteiger partial charge in [0.15, 0.2) is 0 Å². The summed E-state index contributed by atoms with van der Waals surface area (Å²) in [4.78, 5) is 6.50. The van der Waals surface area contributed by atoms with Crippen molar-refractivity contribution in [3.8, 4) is 0 Å². The molecule has 0 aliphatic heterocycles. The lowest BCUT2D eigenvalue weighted by molar-refractivity contribution is 0.601. The molecule has 0 aliphatic carbocycles. The van der Waals surface area contributed by atoms with Crippen LogP contribution in [0.15, 0.2) is 47.5 Å². The summed E-state index contributed by atoms with van der Waals surface area (Å²) in [6.07, 6.45) is 3.72. The van der Waals surface area contributed by atoms with Gasteiger partial charge in [-0.15, -0.1) is 0 Å². The zero-order chi connectivity index (χ0) is 16.9. The number of sulfonamides is 1. The summed E-state index contributed by atoms with van der Waals surface area (Å²) in [5.74, 6) is 0.813. The van der Waals surface area contributed by atoms with Gasteiger partial charge in [0.2, 0.25) is 0 Å². The molecule has 0 saturated heterocycles. The third kappa shape index (κ3) is 4.84. The molecule has 23 heavy (non-hydrogen) atoms. The predicted octanol–water partition coefficient (Wildman–Crippen LogP) is 3.77. The predicted molar refractivity (Wildman–Crippen MR) is 94.7 cm³/mol. The molecule has 1 aromatic carbocycles. The first-order chi connectivity index (χ1) is 10.9. The average Bonchev–Trinajstić information content (AvgIpc) is 2.53. The van der Waals surface area contributed by atoms with E-state index in [1.807, 2.05) is 11.9 Å². The van der Waals surface area contributed by atoms with Crippen molar-refractivity contribution in [1.82, 2.24) is 4.98 Å².